The van der Waals surface area contributed by atoms with Crippen molar-refractivity contribution in [2.75, 3.05) is 19.0 Å². The number of hydrogen-bond acceptors (Lipinski definition) is 4. The molecule has 7 heteroatoms. The topological polar surface area (TPSA) is 49.2 Å². The zero-order valence-electron chi connectivity index (χ0n) is 13.3. The minimum Gasteiger partial charge on any atom is -0.378 e. The average molecular weight is 358 g/mol. The highest BCUT2D eigenvalue weighted by Gasteiger charge is 2.07. The Bertz CT molecular complexity index is 907. The van der Waals surface area contributed by atoms with Gasteiger partial charge in [-0.05, 0) is 54.2 Å². The van der Waals surface area contributed by atoms with Crippen molar-refractivity contribution in [3.63, 3.8) is 0 Å². The third-order valence-corrected chi connectivity index (χ3v) is 4.00. The third-order valence-electron chi connectivity index (χ3n) is 3.48. The van der Waals surface area contributed by atoms with Crippen LogP contribution in [0.1, 0.15) is 5.56 Å². The van der Waals surface area contributed by atoms with Gasteiger partial charge in [0.15, 0.2) is 5.82 Å². The summed E-state index contributed by atoms with van der Waals surface area (Å²) < 4.78 is 2.03. The molecule has 0 fully saturated rings. The number of aromatic amines is 1. The molecule has 0 aliphatic heterocycles. The second-order valence-electron chi connectivity index (χ2n) is 5.40. The van der Waals surface area contributed by atoms with E-state index in [1.54, 1.807) is 10.9 Å². The van der Waals surface area contributed by atoms with E-state index in [9.17, 15) is 0 Å². The molecule has 0 aliphatic rings. The monoisotopic (exact) mass is 357 g/mol. The van der Waals surface area contributed by atoms with E-state index in [2.05, 4.69) is 15.3 Å². The number of nitrogens with one attached hydrogen (secondary N) is 1. The first-order valence-electron chi connectivity index (χ1n) is 7.30. The number of anilines is 1. The minimum atomic E-state index is 0.432. The van der Waals surface area contributed by atoms with Gasteiger partial charge in [0.05, 0.1) is 6.21 Å². The van der Waals surface area contributed by atoms with E-state index < -0.39 is 0 Å². The Hall–Kier alpha value is -2.44. The molecule has 0 aliphatic carbocycles. The smallest absolute Gasteiger partial charge is 0.216 e. The Morgan fingerprint density at radius 1 is 1.12 bits per heavy atom. The molecule has 0 saturated carbocycles. The number of rotatable bonds is 4. The highest BCUT2D eigenvalue weighted by Crippen LogP contribution is 2.20. The van der Waals surface area contributed by atoms with Gasteiger partial charge in [-0.2, -0.15) is 14.9 Å². The van der Waals surface area contributed by atoms with Gasteiger partial charge in [-0.25, -0.2) is 5.10 Å². The average Bonchev–Trinajstić information content (AvgIpc) is 2.95. The molecule has 3 aromatic rings. The zero-order valence-corrected chi connectivity index (χ0v) is 14.8. The molecule has 3 rings (SSSR count). The van der Waals surface area contributed by atoms with E-state index in [0.717, 1.165) is 16.8 Å². The van der Waals surface area contributed by atoms with Crippen LogP contribution in [0.15, 0.2) is 53.6 Å². The molecule has 24 heavy (non-hydrogen) atoms. The van der Waals surface area contributed by atoms with E-state index in [1.165, 1.54) is 0 Å². The van der Waals surface area contributed by atoms with Crippen LogP contribution in [0.3, 0.4) is 0 Å². The van der Waals surface area contributed by atoms with Crippen LogP contribution in [0.2, 0.25) is 5.02 Å². The van der Waals surface area contributed by atoms with E-state index in [0.29, 0.717) is 15.6 Å². The molecule has 0 saturated heterocycles. The molecule has 1 aromatic heterocycles. The van der Waals surface area contributed by atoms with E-state index in [1.807, 2.05) is 67.5 Å². The van der Waals surface area contributed by atoms with Crippen molar-refractivity contribution in [2.45, 2.75) is 0 Å². The van der Waals surface area contributed by atoms with Gasteiger partial charge in [-0.15, -0.1) is 0 Å². The molecular weight excluding hydrogens is 342 g/mol. The van der Waals surface area contributed by atoms with Crippen molar-refractivity contribution >= 4 is 35.7 Å². The lowest BCUT2D eigenvalue weighted by atomic mass is 10.2. The lowest BCUT2D eigenvalue weighted by molar-refractivity contribution is 0.871. The summed E-state index contributed by atoms with van der Waals surface area (Å²) in [5.41, 5.74) is 2.99. The Labute approximate surface area is 150 Å². The van der Waals surface area contributed by atoms with E-state index in [-0.39, 0.29) is 0 Å². The first kappa shape index (κ1) is 16.4. The summed E-state index contributed by atoms with van der Waals surface area (Å²) in [5.74, 6) is 0.637. The van der Waals surface area contributed by atoms with Crippen molar-refractivity contribution in [1.29, 1.82) is 0 Å². The normalized spacial score (nSPS) is 11.1. The molecule has 0 radical (unpaired) electrons. The first-order valence-corrected chi connectivity index (χ1v) is 8.08. The fourth-order valence-corrected chi connectivity index (χ4v) is 2.47. The van der Waals surface area contributed by atoms with Crippen LogP contribution in [-0.4, -0.2) is 35.2 Å². The highest BCUT2D eigenvalue weighted by molar-refractivity contribution is 7.71. The third kappa shape index (κ3) is 3.55. The fraction of sp³-hybridized carbons (Fsp3) is 0.118. The minimum absolute atomic E-state index is 0.432. The maximum absolute atomic E-state index is 5.93. The molecule has 1 N–H and O–H groups in total. The largest absolute Gasteiger partial charge is 0.378 e. The summed E-state index contributed by atoms with van der Waals surface area (Å²) in [6.07, 6.45) is 1.75. The van der Waals surface area contributed by atoms with Crippen molar-refractivity contribution in [3.8, 4) is 11.4 Å². The number of nitrogens with zero attached hydrogens (tertiary/aromatic N) is 4. The Morgan fingerprint density at radius 3 is 2.42 bits per heavy atom. The molecule has 2 aromatic carbocycles. The van der Waals surface area contributed by atoms with Crippen LogP contribution < -0.4 is 4.90 Å². The Balaban J connectivity index is 1.91. The Kier molecular flexibility index (Phi) is 4.78. The molecule has 5 nitrogen and oxygen atoms in total. The predicted molar refractivity (Wildman–Crippen MR) is 102 cm³/mol. The summed E-state index contributed by atoms with van der Waals surface area (Å²) in [6.45, 7) is 0. The van der Waals surface area contributed by atoms with Gasteiger partial charge in [0.25, 0.3) is 0 Å². The van der Waals surface area contributed by atoms with Crippen molar-refractivity contribution in [3.05, 3.63) is 63.9 Å². The van der Waals surface area contributed by atoms with Crippen LogP contribution in [0.5, 0.6) is 0 Å². The number of hydrogen-bond donors (Lipinski definition) is 1. The number of aromatic nitrogens is 3. The van der Waals surface area contributed by atoms with Crippen LogP contribution >= 0.6 is 23.8 Å². The number of halogens is 1. The molecule has 0 bridgehead atoms. The standard InChI is InChI=1S/C17H16ClN5S/c1-22(2)15-9-3-12(4-10-15)11-19-23-16(20-21-17(23)24)13-5-7-14(18)8-6-13/h3-11H,1-2H3,(H,21,24)/b19-11-. The van der Waals surface area contributed by atoms with Gasteiger partial charge < -0.3 is 4.90 Å². The summed E-state index contributed by atoms with van der Waals surface area (Å²) in [6, 6.07) is 15.5. The van der Waals surface area contributed by atoms with Crippen LogP contribution in [0.4, 0.5) is 5.69 Å². The zero-order chi connectivity index (χ0) is 17.1. The number of H-pyrrole nitrogens is 1. The van der Waals surface area contributed by atoms with Crippen LogP contribution in [0, 0.1) is 4.77 Å². The molecule has 0 atom stereocenters. The highest BCUT2D eigenvalue weighted by atomic mass is 35.5. The number of benzene rings is 2. The van der Waals surface area contributed by atoms with Crippen molar-refractivity contribution in [2.24, 2.45) is 5.10 Å². The summed E-state index contributed by atoms with van der Waals surface area (Å²) in [7, 11) is 4.01. The maximum atomic E-state index is 5.93. The van der Waals surface area contributed by atoms with Gasteiger partial charge in [-0.3, -0.25) is 0 Å². The second-order valence-corrected chi connectivity index (χ2v) is 6.22. The van der Waals surface area contributed by atoms with E-state index >= 15 is 0 Å². The molecular formula is C17H16ClN5S. The van der Waals surface area contributed by atoms with Crippen molar-refractivity contribution < 1.29 is 0 Å². The summed E-state index contributed by atoms with van der Waals surface area (Å²) >= 11 is 11.2. The van der Waals surface area contributed by atoms with Crippen molar-refractivity contribution in [1.82, 2.24) is 14.9 Å². The predicted octanol–water partition coefficient (Wildman–Crippen LogP) is 4.21. The molecule has 122 valence electrons. The molecule has 0 amide bonds. The van der Waals surface area contributed by atoms with Gasteiger partial charge >= 0.3 is 0 Å². The first-order chi connectivity index (χ1) is 11.5. The SMILES string of the molecule is CN(C)c1ccc(/C=N\n2c(-c3ccc(Cl)cc3)n[nH]c2=S)cc1. The Morgan fingerprint density at radius 2 is 1.79 bits per heavy atom. The fourth-order valence-electron chi connectivity index (χ4n) is 2.17. The molecule has 0 unspecified atom stereocenters. The van der Waals surface area contributed by atoms with Crippen LogP contribution in [0.25, 0.3) is 11.4 Å². The lowest BCUT2D eigenvalue weighted by Gasteiger charge is -2.11. The van der Waals surface area contributed by atoms with Gasteiger partial charge in [0.1, 0.15) is 0 Å². The van der Waals surface area contributed by atoms with Gasteiger partial charge in [0.2, 0.25) is 4.77 Å². The molecule has 0 spiro atoms. The quantitative estimate of drug-likeness (QED) is 0.562. The van der Waals surface area contributed by atoms with Gasteiger partial charge in [0, 0.05) is 30.4 Å². The molecule has 1 heterocycles. The van der Waals surface area contributed by atoms with Gasteiger partial charge in [-0.1, -0.05) is 23.7 Å². The summed E-state index contributed by atoms with van der Waals surface area (Å²) in [5, 5.41) is 12.1. The van der Waals surface area contributed by atoms with Crippen LogP contribution in [-0.2, 0) is 0 Å². The summed E-state index contributed by atoms with van der Waals surface area (Å²) in [4.78, 5) is 2.05. The maximum Gasteiger partial charge on any atom is 0.216 e. The lowest BCUT2D eigenvalue weighted by Crippen LogP contribution is -2.08. The van der Waals surface area contributed by atoms with E-state index in [4.69, 9.17) is 23.8 Å². The second kappa shape index (κ2) is 6.98.